The molecule has 0 saturated heterocycles. The summed E-state index contributed by atoms with van der Waals surface area (Å²) in [6.45, 7) is 0.165. The van der Waals surface area contributed by atoms with Crippen LogP contribution in [0.5, 0.6) is 11.5 Å². The smallest absolute Gasteiger partial charge is 0.269 e. The molecule has 0 fully saturated rings. The van der Waals surface area contributed by atoms with Gasteiger partial charge in [0.05, 0.1) is 11.3 Å². The summed E-state index contributed by atoms with van der Waals surface area (Å²) in [5.74, 6) is -1.44. The first-order chi connectivity index (χ1) is 25.8. The van der Waals surface area contributed by atoms with Gasteiger partial charge in [-0.25, -0.2) is 4.98 Å². The summed E-state index contributed by atoms with van der Waals surface area (Å²) in [6.07, 6.45) is 6.50. The van der Waals surface area contributed by atoms with Crippen molar-refractivity contribution < 1.29 is 24.7 Å². The van der Waals surface area contributed by atoms with Gasteiger partial charge in [-0.1, -0.05) is 97.1 Å². The number of rotatable bonds is 14. The maximum absolute atomic E-state index is 15.2. The second kappa shape index (κ2) is 16.3. The number of amides is 2. The summed E-state index contributed by atoms with van der Waals surface area (Å²) in [5, 5.41) is 34.1. The van der Waals surface area contributed by atoms with E-state index in [2.05, 4.69) is 15.3 Å². The number of benzene rings is 5. The Kier molecular flexibility index (Phi) is 11.0. The van der Waals surface area contributed by atoms with Crippen LogP contribution in [0.1, 0.15) is 33.5 Å². The lowest BCUT2D eigenvalue weighted by molar-refractivity contribution is -0.384. The molecule has 4 N–H and O–H groups in total. The predicted molar refractivity (Wildman–Crippen MR) is 201 cm³/mol. The van der Waals surface area contributed by atoms with Crippen molar-refractivity contribution in [2.45, 2.75) is 24.4 Å². The molecule has 2 amide bonds. The van der Waals surface area contributed by atoms with Gasteiger partial charge >= 0.3 is 0 Å². The molecule has 6 aromatic rings. The monoisotopic (exact) mass is 707 g/mol. The van der Waals surface area contributed by atoms with Crippen LogP contribution in [-0.4, -0.2) is 54.4 Å². The third-order valence-corrected chi connectivity index (χ3v) is 9.03. The van der Waals surface area contributed by atoms with Gasteiger partial charge < -0.3 is 25.4 Å². The molecule has 266 valence electrons. The maximum Gasteiger partial charge on any atom is 0.269 e. The normalized spacial score (nSPS) is 11.9. The number of phenols is 2. The molecule has 0 radical (unpaired) electrons. The molecule has 0 aliphatic rings. The van der Waals surface area contributed by atoms with Crippen molar-refractivity contribution in [3.63, 3.8) is 0 Å². The van der Waals surface area contributed by atoms with E-state index in [1.54, 1.807) is 35.4 Å². The molecule has 5 aromatic carbocycles. The van der Waals surface area contributed by atoms with Crippen LogP contribution >= 0.6 is 0 Å². The van der Waals surface area contributed by atoms with Crippen LogP contribution in [0, 0.1) is 10.1 Å². The molecule has 1 atom stereocenters. The Morgan fingerprint density at radius 2 is 1.42 bits per heavy atom. The highest BCUT2D eigenvalue weighted by atomic mass is 16.6. The standard InChI is InChI=1S/C42H37N5O6/c48-38-22-18-31(26-39(38)49)24-25-44-41(51)37(27-35-28-43-29-45-35)46(40(50)23-19-30-16-20-36(21-17-30)47(52)53)42(32-10-4-1-5-11-32,33-12-6-2-7-13-33)34-14-8-3-9-15-34/h1-23,26,28-29,37,48-49H,24-25,27H2,(H,43,45)(H,44,51)/t37-/m0/s1. The number of aromatic nitrogens is 2. The largest absolute Gasteiger partial charge is 0.504 e. The topological polar surface area (TPSA) is 162 Å². The van der Waals surface area contributed by atoms with Gasteiger partial charge in [0.1, 0.15) is 11.6 Å². The van der Waals surface area contributed by atoms with Crippen LogP contribution < -0.4 is 5.32 Å². The Balaban J connectivity index is 1.53. The highest BCUT2D eigenvalue weighted by Gasteiger charge is 2.49. The molecule has 0 spiro atoms. The van der Waals surface area contributed by atoms with Gasteiger partial charge in [0.2, 0.25) is 11.8 Å². The number of nitro benzene ring substituents is 1. The van der Waals surface area contributed by atoms with Crippen molar-refractivity contribution >= 4 is 23.6 Å². The molecule has 11 heteroatoms. The fourth-order valence-corrected chi connectivity index (χ4v) is 6.54. The van der Waals surface area contributed by atoms with Gasteiger partial charge in [0.25, 0.3) is 5.69 Å². The molecule has 0 unspecified atom stereocenters. The first-order valence-corrected chi connectivity index (χ1v) is 17.0. The lowest BCUT2D eigenvalue weighted by atomic mass is 9.74. The van der Waals surface area contributed by atoms with Gasteiger partial charge in [-0.2, -0.15) is 0 Å². The fraction of sp³-hybridized carbons (Fsp3) is 0.119. The number of phenolic OH excluding ortho intramolecular Hbond substituents is 2. The molecule has 6 rings (SSSR count). The van der Waals surface area contributed by atoms with Crippen LogP contribution in [0.3, 0.4) is 0 Å². The molecule has 0 aliphatic heterocycles. The van der Waals surface area contributed by atoms with E-state index < -0.39 is 28.3 Å². The summed E-state index contributed by atoms with van der Waals surface area (Å²) in [5.41, 5.74) is 2.63. The molecule has 11 nitrogen and oxygen atoms in total. The Morgan fingerprint density at radius 3 is 1.92 bits per heavy atom. The third-order valence-electron chi connectivity index (χ3n) is 9.03. The third kappa shape index (κ3) is 7.99. The number of nitrogens with zero attached hydrogens (tertiary/aromatic N) is 3. The van der Waals surface area contributed by atoms with E-state index in [9.17, 15) is 25.1 Å². The number of hydrogen-bond acceptors (Lipinski definition) is 7. The summed E-state index contributed by atoms with van der Waals surface area (Å²) < 4.78 is 0. The van der Waals surface area contributed by atoms with E-state index in [0.29, 0.717) is 23.2 Å². The zero-order valence-corrected chi connectivity index (χ0v) is 28.6. The summed E-state index contributed by atoms with van der Waals surface area (Å²) in [4.78, 5) is 49.6. The summed E-state index contributed by atoms with van der Waals surface area (Å²) >= 11 is 0. The number of nitrogens with one attached hydrogen (secondary N) is 2. The molecule has 1 heterocycles. The van der Waals surface area contributed by atoms with E-state index >= 15 is 4.79 Å². The number of imidazole rings is 1. The lowest BCUT2D eigenvalue weighted by Crippen LogP contribution is -2.60. The fourth-order valence-electron chi connectivity index (χ4n) is 6.54. The van der Waals surface area contributed by atoms with E-state index in [-0.39, 0.29) is 30.2 Å². The van der Waals surface area contributed by atoms with Crippen molar-refractivity contribution in [2.75, 3.05) is 6.54 Å². The van der Waals surface area contributed by atoms with Crippen molar-refractivity contribution in [1.82, 2.24) is 20.2 Å². The lowest BCUT2D eigenvalue weighted by Gasteiger charge is -2.48. The zero-order valence-electron chi connectivity index (χ0n) is 28.6. The minimum absolute atomic E-state index is 0.0667. The first-order valence-electron chi connectivity index (χ1n) is 17.0. The van der Waals surface area contributed by atoms with Gasteiger partial charge in [-0.15, -0.1) is 0 Å². The van der Waals surface area contributed by atoms with Gasteiger partial charge in [0.15, 0.2) is 11.5 Å². The van der Waals surface area contributed by atoms with Crippen LogP contribution in [0.15, 0.2) is 152 Å². The average molecular weight is 708 g/mol. The second-order valence-electron chi connectivity index (χ2n) is 12.4. The quantitative estimate of drug-likeness (QED) is 0.0329. The van der Waals surface area contributed by atoms with E-state index in [1.165, 1.54) is 36.7 Å². The predicted octanol–water partition coefficient (Wildman–Crippen LogP) is 6.53. The minimum atomic E-state index is -1.36. The van der Waals surface area contributed by atoms with Gasteiger partial charge in [-0.3, -0.25) is 19.7 Å². The molecule has 0 aliphatic carbocycles. The van der Waals surface area contributed by atoms with Crippen LogP contribution in [0.25, 0.3) is 6.08 Å². The van der Waals surface area contributed by atoms with Gasteiger partial charge in [0, 0.05) is 43.1 Å². The van der Waals surface area contributed by atoms with Crippen molar-refractivity contribution in [1.29, 1.82) is 0 Å². The van der Waals surface area contributed by atoms with Crippen molar-refractivity contribution in [3.8, 4) is 11.5 Å². The van der Waals surface area contributed by atoms with Crippen molar-refractivity contribution in [3.05, 3.63) is 196 Å². The number of carbonyl (C=O) groups is 2. The van der Waals surface area contributed by atoms with Gasteiger partial charge in [-0.05, 0) is 64.6 Å². The molecule has 0 saturated carbocycles. The number of nitro groups is 1. The number of carbonyl (C=O) groups excluding carboxylic acids is 2. The van der Waals surface area contributed by atoms with Crippen LogP contribution in [0.2, 0.25) is 0 Å². The Morgan fingerprint density at radius 1 is 0.830 bits per heavy atom. The van der Waals surface area contributed by atoms with E-state index in [1.807, 2.05) is 91.0 Å². The molecule has 53 heavy (non-hydrogen) atoms. The SMILES string of the molecule is O=C(NCCc1ccc(O)c(O)c1)[C@H](Cc1cnc[nH]1)N(C(=O)C=Cc1ccc([N+](=O)[O-])cc1)C(c1ccccc1)(c1ccccc1)c1ccccc1. The summed E-state index contributed by atoms with van der Waals surface area (Å²) in [7, 11) is 0. The zero-order chi connectivity index (χ0) is 37.2. The summed E-state index contributed by atoms with van der Waals surface area (Å²) in [6, 6.07) is 37.8. The van der Waals surface area contributed by atoms with Crippen LogP contribution in [0.4, 0.5) is 5.69 Å². The Labute approximate surface area is 306 Å². The number of hydrogen-bond donors (Lipinski definition) is 4. The number of aromatic amines is 1. The molecule has 0 bridgehead atoms. The Bertz CT molecular complexity index is 2080. The highest BCUT2D eigenvalue weighted by molar-refractivity contribution is 5.97. The molecular formula is C42H37N5O6. The van der Waals surface area contributed by atoms with E-state index in [0.717, 1.165) is 16.7 Å². The Hall–Kier alpha value is -7.01. The molecule has 1 aromatic heterocycles. The number of aromatic hydroxyl groups is 2. The highest BCUT2D eigenvalue weighted by Crippen LogP contribution is 2.44. The second-order valence-corrected chi connectivity index (χ2v) is 12.4. The minimum Gasteiger partial charge on any atom is -0.504 e. The maximum atomic E-state index is 15.2. The van der Waals surface area contributed by atoms with E-state index in [4.69, 9.17) is 0 Å². The average Bonchev–Trinajstić information content (AvgIpc) is 3.71. The van der Waals surface area contributed by atoms with Crippen molar-refractivity contribution in [2.24, 2.45) is 0 Å². The molecular weight excluding hydrogens is 670 g/mol. The first kappa shape index (κ1) is 35.8. The van der Waals surface area contributed by atoms with Crippen LogP contribution in [-0.2, 0) is 28.0 Å². The number of non-ortho nitro benzene ring substituents is 1. The number of H-pyrrole nitrogens is 1.